The van der Waals surface area contributed by atoms with Gasteiger partial charge in [0.2, 0.25) is 5.91 Å². The lowest BCUT2D eigenvalue weighted by Gasteiger charge is -2.40. The van der Waals surface area contributed by atoms with Gasteiger partial charge in [-0.3, -0.25) is 14.3 Å². The van der Waals surface area contributed by atoms with Gasteiger partial charge in [-0.25, -0.2) is 14.2 Å². The van der Waals surface area contributed by atoms with E-state index in [1.807, 2.05) is 12.1 Å². The Bertz CT molecular complexity index is 2610. The van der Waals surface area contributed by atoms with Crippen LogP contribution in [0.5, 0.6) is 0 Å². The molecule has 0 bridgehead atoms. The smallest absolute Gasteiger partial charge is 0.419 e. The van der Waals surface area contributed by atoms with Gasteiger partial charge in [-0.2, -0.15) is 0 Å². The number of halogens is 1. The van der Waals surface area contributed by atoms with E-state index < -0.39 is 80.8 Å². The van der Waals surface area contributed by atoms with Crippen molar-refractivity contribution in [2.75, 3.05) is 33.1 Å². The van der Waals surface area contributed by atoms with E-state index in [1.54, 1.807) is 45.2 Å². The highest BCUT2D eigenvalue weighted by Crippen LogP contribution is 2.45. The minimum absolute atomic E-state index is 0.0466. The second kappa shape index (κ2) is 13.4. The van der Waals surface area contributed by atoms with E-state index in [9.17, 15) is 19.5 Å². The molecule has 2 aliphatic carbocycles. The van der Waals surface area contributed by atoms with E-state index in [1.165, 1.54) is 26.3 Å². The van der Waals surface area contributed by atoms with Gasteiger partial charge in [0.1, 0.15) is 5.60 Å². The minimum Gasteiger partial charge on any atom is -0.464 e. The number of amides is 1. The summed E-state index contributed by atoms with van der Waals surface area (Å²) in [4.78, 5) is 39.1. The molecular weight excluding hydrogens is 710 g/mol. The number of aromatic nitrogens is 2. The summed E-state index contributed by atoms with van der Waals surface area (Å²) in [6.45, 7) is -12.3. The summed E-state index contributed by atoms with van der Waals surface area (Å²) in [5.74, 6) is -3.22. The van der Waals surface area contributed by atoms with Crippen molar-refractivity contribution in [3.63, 3.8) is 0 Å². The number of carbonyl (C=O) groups is 3. The molecule has 10 nitrogen and oxygen atoms in total. The number of hydrogen-bond donors (Lipinski definition) is 2. The average Bonchev–Trinajstić information content (AvgIpc) is 3.68. The van der Waals surface area contributed by atoms with Crippen LogP contribution >= 0.6 is 15.9 Å². The zero-order valence-electron chi connectivity index (χ0n) is 41.2. The number of carboxylic acid groups (broad SMARTS) is 1. The second-order valence-electron chi connectivity index (χ2n) is 13.9. The standard InChI is InChI=1S/C25H32BrN3O3.C15H14N2O2/c1-7-28(8-2)23(30)15-12-17-16-10-9-11-19-21(16)18(13-20(17)27(6)14-15)22(26)29(19)24(31)32-25(3,4)5;18-15(19)17-8-9-7-12-10(4-2-6-16-12)11-3-1-5-13(17)14(9)11/h9-12,15,20H,7-8,13-14H2,1-6H3;1,3-5,8,12,16H,2,6-7H2,(H,18,19)/t15-,20-;/m1./s1/i1D3,2D3,6D3,7D2,8D2;. The van der Waals surface area contributed by atoms with Crippen molar-refractivity contribution in [2.24, 2.45) is 5.92 Å². The van der Waals surface area contributed by atoms with Gasteiger partial charge < -0.3 is 20.1 Å². The van der Waals surface area contributed by atoms with Gasteiger partial charge in [0, 0.05) is 66.4 Å². The van der Waals surface area contributed by atoms with Crippen LogP contribution in [0.1, 0.15) is 81.0 Å². The Morgan fingerprint density at radius 2 is 1.78 bits per heavy atom. The molecule has 4 heterocycles. The van der Waals surface area contributed by atoms with Crippen LogP contribution in [0.4, 0.5) is 9.59 Å². The van der Waals surface area contributed by atoms with Gasteiger partial charge in [-0.15, -0.1) is 0 Å². The molecule has 4 aliphatic rings. The second-order valence-corrected chi connectivity index (χ2v) is 14.7. The largest absolute Gasteiger partial charge is 0.464 e. The Morgan fingerprint density at radius 1 is 1.06 bits per heavy atom. The van der Waals surface area contributed by atoms with Gasteiger partial charge >= 0.3 is 12.2 Å². The molecule has 2 aromatic carbocycles. The van der Waals surface area contributed by atoms with Crippen molar-refractivity contribution in [1.29, 1.82) is 0 Å². The molecule has 2 aromatic heterocycles. The number of fused-ring (bicyclic) bond motifs is 4. The van der Waals surface area contributed by atoms with Crippen LogP contribution in [0.25, 0.3) is 33.0 Å². The number of ether oxygens (including phenoxy) is 1. The number of carbonyl (C=O) groups excluding carboxylic acids is 2. The van der Waals surface area contributed by atoms with Crippen LogP contribution in [0.15, 0.2) is 59.4 Å². The van der Waals surface area contributed by atoms with Gasteiger partial charge in [0.25, 0.3) is 0 Å². The summed E-state index contributed by atoms with van der Waals surface area (Å²) >= 11 is 3.49. The van der Waals surface area contributed by atoms with Crippen LogP contribution < -0.4 is 5.32 Å². The Morgan fingerprint density at radius 3 is 2.47 bits per heavy atom. The summed E-state index contributed by atoms with van der Waals surface area (Å²) < 4.78 is 112. The number of likely N-dealkylation sites (N-methyl/N-ethyl adjacent to an activating group) is 1. The summed E-state index contributed by atoms with van der Waals surface area (Å²) in [6, 6.07) is 10.3. The molecular formula is C40H46BrN5O5. The molecule has 11 heteroatoms. The molecule has 0 radical (unpaired) electrons. The molecule has 1 unspecified atom stereocenters. The predicted octanol–water partition coefficient (Wildman–Crippen LogP) is 7.39. The SMILES string of the molecule is O=C(O)n1cc2c3c(cccc31)C1=CCCNC1C2.[2H]C([2H])([2H])N1C[C@H](C(=O)N(C([2H])([2H])C([2H])([2H])[2H])C([2H])([2H])C([2H])([2H])[2H])C=C2c3cccc4c3c(c(Br)n4C(=O)OC(C)(C)C)C[C@H]21. The van der Waals surface area contributed by atoms with Crippen molar-refractivity contribution in [3.05, 3.63) is 81.6 Å². The number of hydrogen-bond acceptors (Lipinski definition) is 6. The summed E-state index contributed by atoms with van der Waals surface area (Å²) in [5, 5.41) is 14.5. The van der Waals surface area contributed by atoms with E-state index in [-0.39, 0.29) is 12.0 Å². The molecule has 0 fully saturated rings. The van der Waals surface area contributed by atoms with E-state index in [2.05, 4.69) is 33.4 Å². The molecule has 8 rings (SSSR count). The van der Waals surface area contributed by atoms with Crippen molar-refractivity contribution >= 4 is 67.0 Å². The maximum atomic E-state index is 14.0. The maximum absolute atomic E-state index is 14.0. The van der Waals surface area contributed by atoms with E-state index in [4.69, 9.17) is 22.6 Å². The Labute approximate surface area is 325 Å². The molecule has 3 atom stereocenters. The third kappa shape index (κ3) is 6.13. The first-order valence-electron chi connectivity index (χ1n) is 23.1. The quantitative estimate of drug-likeness (QED) is 0.224. The lowest BCUT2D eigenvalue weighted by atomic mass is 9.79. The fourth-order valence-corrected chi connectivity index (χ4v) is 8.38. The highest BCUT2D eigenvalue weighted by molar-refractivity contribution is 9.10. The fourth-order valence-electron chi connectivity index (χ4n) is 7.68. The van der Waals surface area contributed by atoms with E-state index >= 15 is 0 Å². The molecule has 0 saturated heterocycles. The Balaban J connectivity index is 0.000000264. The summed E-state index contributed by atoms with van der Waals surface area (Å²) in [6.07, 6.45) is 5.71. The van der Waals surface area contributed by atoms with Crippen molar-refractivity contribution < 1.29 is 42.0 Å². The molecule has 2 aliphatic heterocycles. The molecule has 0 spiro atoms. The van der Waals surface area contributed by atoms with E-state index in [0.29, 0.717) is 32.7 Å². The van der Waals surface area contributed by atoms with Crippen LogP contribution in [-0.4, -0.2) is 92.9 Å². The van der Waals surface area contributed by atoms with Crippen LogP contribution in [0.3, 0.4) is 0 Å². The average molecular weight is 770 g/mol. The fraction of sp³-hybridized carbons (Fsp3) is 0.425. The Hall–Kier alpha value is -4.19. The van der Waals surface area contributed by atoms with Gasteiger partial charge in [-0.1, -0.05) is 36.4 Å². The first kappa shape index (κ1) is 22.7. The minimum atomic E-state index is -3.79. The topological polar surface area (TPSA) is 109 Å². The molecule has 268 valence electrons. The monoisotopic (exact) mass is 768 g/mol. The number of nitrogens with one attached hydrogen (secondary N) is 1. The molecule has 2 N–H and O–H groups in total. The molecule has 1 amide bonds. The van der Waals surface area contributed by atoms with Crippen LogP contribution in [0.2, 0.25) is 0 Å². The molecule has 0 saturated carbocycles. The van der Waals surface area contributed by atoms with E-state index in [0.717, 1.165) is 40.8 Å². The maximum Gasteiger partial charge on any atom is 0.419 e. The van der Waals surface area contributed by atoms with Crippen molar-refractivity contribution in [3.8, 4) is 0 Å². The molecule has 51 heavy (non-hydrogen) atoms. The van der Waals surface area contributed by atoms with Gasteiger partial charge in [-0.05, 0) is 129 Å². The third-order valence-corrected chi connectivity index (χ3v) is 10.5. The highest BCUT2D eigenvalue weighted by Gasteiger charge is 2.39. The van der Waals surface area contributed by atoms with Crippen molar-refractivity contribution in [1.82, 2.24) is 24.3 Å². The summed E-state index contributed by atoms with van der Waals surface area (Å²) in [7, 11) is 0. The zero-order valence-corrected chi connectivity index (χ0v) is 29.8. The Kier molecular flexibility index (Phi) is 5.97. The highest BCUT2D eigenvalue weighted by atomic mass is 79.9. The van der Waals surface area contributed by atoms with Gasteiger partial charge in [0.05, 0.1) is 21.6 Å². The molecule has 4 aromatic rings. The zero-order chi connectivity index (χ0) is 47.4. The normalized spacial score (nSPS) is 25.9. The van der Waals surface area contributed by atoms with Crippen molar-refractivity contribution in [2.45, 2.75) is 71.4 Å². The number of rotatable bonds is 3. The lowest BCUT2D eigenvalue weighted by molar-refractivity contribution is -0.134. The first-order chi connectivity index (χ1) is 29.4. The first-order valence-corrected chi connectivity index (χ1v) is 17.4. The third-order valence-electron chi connectivity index (χ3n) is 9.71. The van der Waals surface area contributed by atoms with Crippen LogP contribution in [0, 0.1) is 5.92 Å². The number of benzene rings is 2. The summed E-state index contributed by atoms with van der Waals surface area (Å²) in [5.41, 5.74) is 5.32. The number of nitrogens with zero attached hydrogens (tertiary/aromatic N) is 4. The predicted molar refractivity (Wildman–Crippen MR) is 204 cm³/mol. The lowest BCUT2D eigenvalue weighted by Crippen LogP contribution is -2.47. The van der Waals surface area contributed by atoms with Crippen LogP contribution in [-0.2, 0) is 22.4 Å². The van der Waals surface area contributed by atoms with Gasteiger partial charge in [0.15, 0.2) is 0 Å².